The Balaban J connectivity index is 1.28. The molecule has 4 rings (SSSR count). The van der Waals surface area contributed by atoms with E-state index in [9.17, 15) is 4.79 Å². The molecule has 1 aromatic heterocycles. The highest BCUT2D eigenvalue weighted by atomic mass is 32.2. The van der Waals surface area contributed by atoms with Crippen LogP contribution in [0.5, 0.6) is 0 Å². The van der Waals surface area contributed by atoms with Gasteiger partial charge in [-0.1, -0.05) is 12.1 Å². The molecule has 1 N–H and O–H groups in total. The summed E-state index contributed by atoms with van der Waals surface area (Å²) in [7, 11) is 0. The van der Waals surface area contributed by atoms with Gasteiger partial charge in [-0.05, 0) is 68.5 Å². The number of rotatable bonds is 5. The molecule has 0 aliphatic carbocycles. The van der Waals surface area contributed by atoms with Crippen LogP contribution in [0.25, 0.3) is 0 Å². The van der Waals surface area contributed by atoms with Crippen molar-refractivity contribution in [3.63, 3.8) is 0 Å². The van der Waals surface area contributed by atoms with Gasteiger partial charge in [0.05, 0.1) is 15.3 Å². The third-order valence-corrected chi connectivity index (χ3v) is 9.10. The van der Waals surface area contributed by atoms with Crippen LogP contribution in [0.2, 0.25) is 0 Å². The van der Waals surface area contributed by atoms with Crippen LogP contribution < -0.4 is 5.32 Å². The third-order valence-electron chi connectivity index (χ3n) is 5.26. The number of thioether (sulfide) groups is 2. The first-order valence-electron chi connectivity index (χ1n) is 9.95. The second-order valence-corrected chi connectivity index (χ2v) is 11.2. The molecule has 2 aromatic rings. The normalized spacial score (nSPS) is 19.6. The number of nitrogens with one attached hydrogen (secondary N) is 1. The number of thiazole rings is 1. The van der Waals surface area contributed by atoms with Crippen molar-refractivity contribution in [2.24, 2.45) is 5.92 Å². The first-order valence-corrected chi connectivity index (χ1v) is 12.9. The molecule has 2 aliphatic heterocycles. The quantitative estimate of drug-likeness (QED) is 0.705. The van der Waals surface area contributed by atoms with Gasteiger partial charge in [-0.2, -0.15) is 0 Å². The highest BCUT2D eigenvalue weighted by Crippen LogP contribution is 2.44. The van der Waals surface area contributed by atoms with E-state index in [1.54, 1.807) is 11.3 Å². The zero-order valence-electron chi connectivity index (χ0n) is 16.2. The average Bonchev–Trinajstić information content (AvgIpc) is 3.14. The van der Waals surface area contributed by atoms with Gasteiger partial charge in [0, 0.05) is 23.5 Å². The van der Waals surface area contributed by atoms with Crippen molar-refractivity contribution < 1.29 is 4.79 Å². The molecule has 4 nitrogen and oxygen atoms in total. The summed E-state index contributed by atoms with van der Waals surface area (Å²) in [5.74, 6) is 2.74. The van der Waals surface area contributed by atoms with E-state index in [2.05, 4.69) is 38.8 Å². The fourth-order valence-electron chi connectivity index (χ4n) is 3.75. The van der Waals surface area contributed by atoms with Gasteiger partial charge in [-0.3, -0.25) is 9.69 Å². The maximum absolute atomic E-state index is 12.8. The predicted molar refractivity (Wildman–Crippen MR) is 122 cm³/mol. The second kappa shape index (κ2) is 9.65. The van der Waals surface area contributed by atoms with Gasteiger partial charge in [-0.15, -0.1) is 34.9 Å². The van der Waals surface area contributed by atoms with Crippen molar-refractivity contribution in [2.75, 3.05) is 29.9 Å². The zero-order chi connectivity index (χ0) is 19.3. The predicted octanol–water partition coefficient (Wildman–Crippen LogP) is 5.17. The van der Waals surface area contributed by atoms with Gasteiger partial charge in [0.2, 0.25) is 5.91 Å². The number of carbonyl (C=O) groups excluding carboxylic acids is 1. The Hall–Kier alpha value is -1.02. The number of aromatic nitrogens is 1. The summed E-state index contributed by atoms with van der Waals surface area (Å²) in [5.41, 5.74) is 3.41. The Kier molecular flexibility index (Phi) is 6.99. The van der Waals surface area contributed by atoms with E-state index in [-0.39, 0.29) is 11.8 Å². The summed E-state index contributed by atoms with van der Waals surface area (Å²) in [6.45, 7) is 4.87. The number of benzene rings is 1. The number of likely N-dealkylation sites (tertiary alicyclic amines) is 1. The lowest BCUT2D eigenvalue weighted by molar-refractivity contribution is -0.121. The Morgan fingerprint density at radius 3 is 2.75 bits per heavy atom. The summed E-state index contributed by atoms with van der Waals surface area (Å²) >= 11 is 5.74. The van der Waals surface area contributed by atoms with Crippen molar-refractivity contribution >= 4 is 46.5 Å². The second-order valence-electron chi connectivity index (χ2n) is 7.45. The lowest BCUT2D eigenvalue weighted by Gasteiger charge is -2.30. The van der Waals surface area contributed by atoms with Gasteiger partial charge in [0.15, 0.2) is 0 Å². The number of hydrogen-bond acceptors (Lipinski definition) is 6. The molecule has 0 radical (unpaired) electrons. The van der Waals surface area contributed by atoms with Gasteiger partial charge < -0.3 is 5.32 Å². The van der Waals surface area contributed by atoms with Gasteiger partial charge in [0.1, 0.15) is 0 Å². The van der Waals surface area contributed by atoms with Crippen molar-refractivity contribution in [3.8, 4) is 0 Å². The summed E-state index contributed by atoms with van der Waals surface area (Å²) in [4.78, 5) is 19.7. The third kappa shape index (κ3) is 5.32. The molecule has 7 heteroatoms. The Bertz CT molecular complexity index is 796. The number of anilines is 1. The number of hydrogen-bond donors (Lipinski definition) is 1. The summed E-state index contributed by atoms with van der Waals surface area (Å²) in [5, 5.41) is 6.44. The van der Waals surface area contributed by atoms with Crippen LogP contribution in [-0.4, -0.2) is 40.4 Å². The lowest BCUT2D eigenvalue weighted by Crippen LogP contribution is -2.37. The molecule has 0 atom stereocenters. The maximum Gasteiger partial charge on any atom is 0.227 e. The summed E-state index contributed by atoms with van der Waals surface area (Å²) in [6, 6.07) is 8.43. The highest BCUT2D eigenvalue weighted by Gasteiger charge is 2.25. The zero-order valence-corrected chi connectivity index (χ0v) is 18.7. The molecule has 2 fully saturated rings. The number of aryl methyl sites for hydroxylation is 1. The minimum absolute atomic E-state index is 0.107. The fourth-order valence-corrected chi connectivity index (χ4v) is 7.23. The molecule has 3 heterocycles. The Morgan fingerprint density at radius 2 is 2.04 bits per heavy atom. The molecule has 0 spiro atoms. The molecule has 28 heavy (non-hydrogen) atoms. The van der Waals surface area contributed by atoms with Crippen LogP contribution in [0.15, 0.2) is 29.6 Å². The molecular weight excluding hydrogens is 406 g/mol. The number of piperidine rings is 1. The van der Waals surface area contributed by atoms with E-state index < -0.39 is 0 Å². The number of nitrogens with zero attached hydrogens (tertiary/aromatic N) is 2. The van der Waals surface area contributed by atoms with Crippen molar-refractivity contribution in [3.05, 3.63) is 45.9 Å². The van der Waals surface area contributed by atoms with E-state index >= 15 is 0 Å². The van der Waals surface area contributed by atoms with Crippen LogP contribution in [0.4, 0.5) is 5.69 Å². The van der Waals surface area contributed by atoms with Crippen molar-refractivity contribution in [1.29, 1.82) is 0 Å². The van der Waals surface area contributed by atoms with Gasteiger partial charge in [0.25, 0.3) is 0 Å². The van der Waals surface area contributed by atoms with E-state index in [0.717, 1.165) is 48.9 Å². The Labute approximate surface area is 179 Å². The highest BCUT2D eigenvalue weighted by molar-refractivity contribution is 8.16. The minimum atomic E-state index is 0.107. The molecule has 150 valence electrons. The number of amides is 1. The molecule has 0 saturated carbocycles. The van der Waals surface area contributed by atoms with Crippen molar-refractivity contribution in [1.82, 2.24) is 9.88 Å². The maximum atomic E-state index is 12.8. The topological polar surface area (TPSA) is 45.2 Å². The van der Waals surface area contributed by atoms with Gasteiger partial charge >= 0.3 is 0 Å². The molecule has 0 bridgehead atoms. The summed E-state index contributed by atoms with van der Waals surface area (Å²) < 4.78 is 0.503. The first kappa shape index (κ1) is 20.3. The SMILES string of the molecule is Cc1nc(CN2CCC(C(=O)Nc3cccc(C4SCCCS4)c3)CC2)cs1. The minimum Gasteiger partial charge on any atom is -0.326 e. The van der Waals surface area contributed by atoms with Crippen LogP contribution in [0.1, 0.15) is 40.1 Å². The first-order chi connectivity index (χ1) is 13.7. The molecule has 1 amide bonds. The fraction of sp³-hybridized carbons (Fsp3) is 0.524. The van der Waals surface area contributed by atoms with Crippen LogP contribution >= 0.6 is 34.9 Å². The number of carbonyl (C=O) groups is 1. The largest absolute Gasteiger partial charge is 0.326 e. The van der Waals surface area contributed by atoms with Crippen molar-refractivity contribution in [2.45, 2.75) is 37.3 Å². The smallest absolute Gasteiger partial charge is 0.227 e. The summed E-state index contributed by atoms with van der Waals surface area (Å²) in [6.07, 6.45) is 3.13. The molecule has 2 aliphatic rings. The van der Waals surface area contributed by atoms with E-state index in [0.29, 0.717) is 4.58 Å². The Morgan fingerprint density at radius 1 is 1.25 bits per heavy atom. The molecule has 1 aromatic carbocycles. The molecule has 0 unspecified atom stereocenters. The van der Waals surface area contributed by atoms with E-state index in [1.807, 2.05) is 36.5 Å². The molecular formula is C21H27N3OS3. The lowest BCUT2D eigenvalue weighted by atomic mass is 9.95. The van der Waals surface area contributed by atoms with Gasteiger partial charge in [-0.25, -0.2) is 4.98 Å². The molecule has 2 saturated heterocycles. The standard InChI is InChI=1S/C21H27N3OS3/c1-15-22-19(14-28-15)13-24-8-6-16(7-9-24)20(25)23-18-5-2-4-17(12-18)21-26-10-3-11-27-21/h2,4-5,12,14,16,21H,3,6-11,13H2,1H3,(H,23,25). The van der Waals surface area contributed by atoms with Crippen LogP contribution in [0, 0.1) is 12.8 Å². The van der Waals surface area contributed by atoms with Crippen LogP contribution in [0.3, 0.4) is 0 Å². The van der Waals surface area contributed by atoms with Crippen LogP contribution in [-0.2, 0) is 11.3 Å². The average molecular weight is 434 g/mol. The van der Waals surface area contributed by atoms with E-state index in [4.69, 9.17) is 0 Å². The van der Waals surface area contributed by atoms with E-state index in [1.165, 1.54) is 23.5 Å². The monoisotopic (exact) mass is 433 g/mol.